The first-order valence-corrected chi connectivity index (χ1v) is 12.9. The van der Waals surface area contributed by atoms with Crippen LogP contribution in [-0.2, 0) is 4.79 Å². The predicted octanol–water partition coefficient (Wildman–Crippen LogP) is 5.06. The first kappa shape index (κ1) is 26.8. The van der Waals surface area contributed by atoms with Crippen molar-refractivity contribution < 1.29 is 23.7 Å². The van der Waals surface area contributed by atoms with E-state index < -0.39 is 5.91 Å². The largest absolute Gasteiger partial charge is 0.493 e. The van der Waals surface area contributed by atoms with E-state index in [4.69, 9.17) is 18.9 Å². The van der Waals surface area contributed by atoms with Gasteiger partial charge in [0.15, 0.2) is 23.0 Å². The van der Waals surface area contributed by atoms with Gasteiger partial charge in [-0.25, -0.2) is 0 Å². The summed E-state index contributed by atoms with van der Waals surface area (Å²) in [6.07, 6.45) is 1.48. The Bertz CT molecular complexity index is 1240. The van der Waals surface area contributed by atoms with Crippen molar-refractivity contribution in [3.63, 3.8) is 0 Å². The molecule has 11 heteroatoms. The predicted molar refractivity (Wildman–Crippen MR) is 140 cm³/mol. The van der Waals surface area contributed by atoms with Crippen LogP contribution in [0.25, 0.3) is 6.08 Å². The van der Waals surface area contributed by atoms with Gasteiger partial charge >= 0.3 is 0 Å². The van der Waals surface area contributed by atoms with Crippen LogP contribution in [-0.4, -0.2) is 47.9 Å². The standard InChI is InChI=1S/C25H26N4O5S2/c1-4-32-22-15-17(14-18(16-26)23(30)27-24-28-25(29-36-24)35-5-2)10-11-21(22)34-13-12-33-20-9-7-6-8-19(20)31-3/h6-11,14-15H,4-5,12-13H2,1-3H3,(H,27,28,29,30). The van der Waals surface area contributed by atoms with E-state index in [0.717, 1.165) is 17.3 Å². The molecule has 36 heavy (non-hydrogen) atoms. The van der Waals surface area contributed by atoms with Crippen LogP contribution in [0.2, 0.25) is 0 Å². The Morgan fingerprint density at radius 1 is 1.08 bits per heavy atom. The van der Waals surface area contributed by atoms with Gasteiger partial charge in [0.2, 0.25) is 10.3 Å². The third kappa shape index (κ3) is 7.63. The zero-order chi connectivity index (χ0) is 25.8. The van der Waals surface area contributed by atoms with E-state index in [0.29, 0.717) is 52.1 Å². The fourth-order valence-electron chi connectivity index (χ4n) is 2.97. The number of nitrogens with one attached hydrogen (secondary N) is 1. The summed E-state index contributed by atoms with van der Waals surface area (Å²) in [6, 6.07) is 14.5. The fraction of sp³-hybridized carbons (Fsp3) is 0.280. The molecule has 0 aliphatic carbocycles. The lowest BCUT2D eigenvalue weighted by molar-refractivity contribution is -0.112. The molecule has 1 heterocycles. The number of benzene rings is 2. The normalized spacial score (nSPS) is 10.9. The van der Waals surface area contributed by atoms with Gasteiger partial charge < -0.3 is 18.9 Å². The minimum atomic E-state index is -0.562. The van der Waals surface area contributed by atoms with Crippen LogP contribution in [0.5, 0.6) is 23.0 Å². The van der Waals surface area contributed by atoms with Gasteiger partial charge in [0.1, 0.15) is 24.9 Å². The number of anilines is 1. The maximum absolute atomic E-state index is 12.6. The monoisotopic (exact) mass is 526 g/mol. The summed E-state index contributed by atoms with van der Waals surface area (Å²) in [5.41, 5.74) is 0.540. The van der Waals surface area contributed by atoms with Gasteiger partial charge in [0.05, 0.1) is 13.7 Å². The smallest absolute Gasteiger partial charge is 0.268 e. The number of hydrogen-bond acceptors (Lipinski definition) is 10. The lowest BCUT2D eigenvalue weighted by atomic mass is 10.1. The van der Waals surface area contributed by atoms with Crippen LogP contribution >= 0.6 is 23.3 Å². The Balaban J connectivity index is 1.65. The van der Waals surface area contributed by atoms with Crippen molar-refractivity contribution in [2.75, 3.05) is 38.0 Å². The number of rotatable bonds is 13. The number of ether oxygens (including phenoxy) is 4. The van der Waals surface area contributed by atoms with Gasteiger partial charge in [0.25, 0.3) is 5.91 Å². The molecule has 0 radical (unpaired) electrons. The van der Waals surface area contributed by atoms with Gasteiger partial charge in [-0.3, -0.25) is 10.1 Å². The summed E-state index contributed by atoms with van der Waals surface area (Å²) in [4.78, 5) is 16.8. The molecule has 1 N–H and O–H groups in total. The van der Waals surface area contributed by atoms with Gasteiger partial charge in [0, 0.05) is 11.5 Å². The Kier molecular flexibility index (Phi) is 10.4. The number of para-hydroxylation sites is 2. The molecule has 0 spiro atoms. The van der Waals surface area contributed by atoms with Gasteiger partial charge in [-0.15, -0.1) is 0 Å². The summed E-state index contributed by atoms with van der Waals surface area (Å²) in [6.45, 7) is 4.85. The SMILES string of the molecule is CCOc1cc(C=C(C#N)C(=O)Nc2nc(SCC)ns2)ccc1OCCOc1ccccc1OC. The summed E-state index contributed by atoms with van der Waals surface area (Å²) in [7, 11) is 1.59. The molecule has 188 valence electrons. The number of methoxy groups -OCH3 is 1. The van der Waals surface area contributed by atoms with Crippen LogP contribution in [0.15, 0.2) is 53.2 Å². The van der Waals surface area contributed by atoms with Crippen LogP contribution < -0.4 is 24.3 Å². The first-order valence-electron chi connectivity index (χ1n) is 11.1. The lowest BCUT2D eigenvalue weighted by Gasteiger charge is -2.14. The summed E-state index contributed by atoms with van der Waals surface area (Å²) < 4.78 is 26.7. The molecular formula is C25H26N4O5S2. The summed E-state index contributed by atoms with van der Waals surface area (Å²) >= 11 is 2.54. The van der Waals surface area contributed by atoms with E-state index in [-0.39, 0.29) is 12.2 Å². The molecule has 0 saturated carbocycles. The summed E-state index contributed by atoms with van der Waals surface area (Å²) in [5.74, 6) is 2.55. The molecule has 1 aromatic heterocycles. The van der Waals surface area contributed by atoms with Gasteiger partial charge in [-0.05, 0) is 48.6 Å². The average molecular weight is 527 g/mol. The molecule has 0 unspecified atom stereocenters. The molecular weight excluding hydrogens is 500 g/mol. The number of nitriles is 1. The van der Waals surface area contributed by atoms with Crippen molar-refractivity contribution in [3.05, 3.63) is 53.6 Å². The van der Waals surface area contributed by atoms with Crippen molar-refractivity contribution >= 4 is 40.4 Å². The number of carbonyl (C=O) groups is 1. The molecule has 3 aromatic rings. The molecule has 0 fully saturated rings. The van der Waals surface area contributed by atoms with Gasteiger partial charge in [-0.2, -0.15) is 14.6 Å². The second-order valence-corrected chi connectivity index (χ2v) is 8.91. The molecule has 0 bridgehead atoms. The Morgan fingerprint density at radius 3 is 2.47 bits per heavy atom. The third-order valence-electron chi connectivity index (χ3n) is 4.51. The highest BCUT2D eigenvalue weighted by atomic mass is 32.2. The molecule has 0 atom stereocenters. The summed E-state index contributed by atoms with van der Waals surface area (Å²) in [5, 5.41) is 13.1. The highest BCUT2D eigenvalue weighted by Gasteiger charge is 2.14. The number of hydrogen-bond donors (Lipinski definition) is 1. The van der Waals surface area contributed by atoms with Crippen molar-refractivity contribution in [1.82, 2.24) is 9.36 Å². The minimum Gasteiger partial charge on any atom is -0.493 e. The van der Waals surface area contributed by atoms with E-state index in [1.165, 1.54) is 17.8 Å². The second kappa shape index (κ2) is 14.0. The fourth-order valence-corrected chi connectivity index (χ4v) is 4.24. The molecule has 3 rings (SSSR count). The maximum Gasteiger partial charge on any atom is 0.268 e. The number of thioether (sulfide) groups is 1. The zero-order valence-corrected chi connectivity index (χ0v) is 21.8. The highest BCUT2D eigenvalue weighted by molar-refractivity contribution is 7.99. The average Bonchev–Trinajstić information content (AvgIpc) is 3.33. The first-order chi connectivity index (χ1) is 17.6. The van der Waals surface area contributed by atoms with Crippen molar-refractivity contribution in [2.45, 2.75) is 19.0 Å². The van der Waals surface area contributed by atoms with Crippen LogP contribution in [0.4, 0.5) is 5.13 Å². The van der Waals surface area contributed by atoms with Gasteiger partial charge in [-0.1, -0.05) is 36.9 Å². The number of carbonyl (C=O) groups excluding carboxylic acids is 1. The Hall–Kier alpha value is -3.75. The number of nitrogens with zero attached hydrogens (tertiary/aromatic N) is 3. The molecule has 0 aliphatic heterocycles. The topological polar surface area (TPSA) is 116 Å². The van der Waals surface area contributed by atoms with E-state index >= 15 is 0 Å². The lowest BCUT2D eigenvalue weighted by Crippen LogP contribution is -2.13. The molecule has 9 nitrogen and oxygen atoms in total. The van der Waals surface area contributed by atoms with Crippen LogP contribution in [0, 0.1) is 11.3 Å². The Morgan fingerprint density at radius 2 is 1.81 bits per heavy atom. The van der Waals surface area contributed by atoms with Crippen molar-refractivity contribution in [1.29, 1.82) is 5.26 Å². The molecule has 1 amide bonds. The number of amides is 1. The zero-order valence-electron chi connectivity index (χ0n) is 20.1. The number of aromatic nitrogens is 2. The van der Waals surface area contributed by atoms with Crippen LogP contribution in [0.1, 0.15) is 19.4 Å². The van der Waals surface area contributed by atoms with Crippen LogP contribution in [0.3, 0.4) is 0 Å². The highest BCUT2D eigenvalue weighted by Crippen LogP contribution is 2.30. The van der Waals surface area contributed by atoms with E-state index in [1.54, 1.807) is 25.3 Å². The quantitative estimate of drug-likeness (QED) is 0.141. The van der Waals surface area contributed by atoms with E-state index in [2.05, 4.69) is 14.7 Å². The second-order valence-electron chi connectivity index (χ2n) is 6.93. The molecule has 0 saturated heterocycles. The van der Waals surface area contributed by atoms with E-state index in [1.807, 2.05) is 44.2 Å². The Labute approximate surface area is 218 Å². The van der Waals surface area contributed by atoms with Crippen molar-refractivity contribution in [3.8, 4) is 29.1 Å². The van der Waals surface area contributed by atoms with Crippen molar-refractivity contribution in [2.24, 2.45) is 0 Å². The third-order valence-corrected chi connectivity index (χ3v) is 5.99. The molecule has 0 aliphatic rings. The van der Waals surface area contributed by atoms with E-state index in [9.17, 15) is 10.1 Å². The maximum atomic E-state index is 12.6. The molecule has 2 aromatic carbocycles. The minimum absolute atomic E-state index is 0.0729.